The molecule has 2 N–H and O–H groups in total. The van der Waals surface area contributed by atoms with Crippen molar-refractivity contribution < 1.29 is 10.2 Å². The number of aliphatic hydroxyl groups excluding tert-OH is 2. The fraction of sp³-hybridized carbons (Fsp3) is 1.00. The Morgan fingerprint density at radius 3 is 1.67 bits per heavy atom. The molecule has 1 aliphatic carbocycles. The Morgan fingerprint density at radius 2 is 1.22 bits per heavy atom. The second-order valence-electron chi connectivity index (χ2n) is 2.77. The van der Waals surface area contributed by atoms with Gasteiger partial charge in [0.05, 0.1) is 12.2 Å². The minimum atomic E-state index is -0.451. The predicted octanol–water partition coefficient (Wildman–Crippen LogP) is 0.672. The molecule has 0 amide bonds. The summed E-state index contributed by atoms with van der Waals surface area (Å²) in [6.45, 7) is 0. The van der Waals surface area contributed by atoms with Gasteiger partial charge in [0.1, 0.15) is 0 Å². The van der Waals surface area contributed by atoms with Gasteiger partial charge in [-0.25, -0.2) is 0 Å². The highest BCUT2D eigenvalue weighted by atomic mass is 16.3. The normalized spacial score (nSPS) is 38.0. The Hall–Kier alpha value is -0.0800. The summed E-state index contributed by atoms with van der Waals surface area (Å²) in [7, 11) is 0. The zero-order chi connectivity index (χ0) is 6.69. The van der Waals surface area contributed by atoms with Crippen molar-refractivity contribution in [3.63, 3.8) is 0 Å². The smallest absolute Gasteiger partial charge is 0.0799 e. The van der Waals surface area contributed by atoms with Crippen molar-refractivity contribution in [1.29, 1.82) is 0 Å². The molecule has 2 nitrogen and oxygen atoms in total. The van der Waals surface area contributed by atoms with Gasteiger partial charge in [-0.05, 0) is 12.8 Å². The minimum Gasteiger partial charge on any atom is -0.390 e. The first kappa shape index (κ1) is 7.03. The summed E-state index contributed by atoms with van der Waals surface area (Å²) in [6.07, 6.45) is 3.95. The van der Waals surface area contributed by atoms with Crippen LogP contribution in [0.15, 0.2) is 0 Å². The molecule has 1 fully saturated rings. The van der Waals surface area contributed by atoms with E-state index in [-0.39, 0.29) is 0 Å². The monoisotopic (exact) mass is 130 g/mol. The zero-order valence-electron chi connectivity index (χ0n) is 5.58. The Balaban J connectivity index is 2.32. The fourth-order valence-electron chi connectivity index (χ4n) is 1.27. The quantitative estimate of drug-likeness (QED) is 0.473. The lowest BCUT2D eigenvalue weighted by Gasteiger charge is -2.12. The molecular formula is C7H14O2. The molecule has 1 aliphatic rings. The molecule has 1 rings (SSSR count). The Kier molecular flexibility index (Phi) is 2.49. The van der Waals surface area contributed by atoms with E-state index >= 15 is 0 Å². The van der Waals surface area contributed by atoms with E-state index in [1.165, 1.54) is 0 Å². The maximum absolute atomic E-state index is 9.11. The molecule has 0 aromatic rings. The highest BCUT2D eigenvalue weighted by molar-refractivity contribution is 4.70. The Labute approximate surface area is 55.5 Å². The molecule has 0 aromatic carbocycles. The molecule has 0 radical (unpaired) electrons. The maximum Gasteiger partial charge on any atom is 0.0799 e. The highest BCUT2D eigenvalue weighted by Crippen LogP contribution is 2.17. The van der Waals surface area contributed by atoms with Crippen LogP contribution in [0.4, 0.5) is 0 Å². The van der Waals surface area contributed by atoms with Gasteiger partial charge in [0, 0.05) is 0 Å². The molecule has 54 valence electrons. The van der Waals surface area contributed by atoms with E-state index in [9.17, 15) is 0 Å². The predicted molar refractivity (Wildman–Crippen MR) is 35.1 cm³/mol. The first-order valence-corrected chi connectivity index (χ1v) is 3.67. The van der Waals surface area contributed by atoms with Gasteiger partial charge in [-0.2, -0.15) is 0 Å². The summed E-state index contributed by atoms with van der Waals surface area (Å²) in [5, 5.41) is 18.2. The summed E-state index contributed by atoms with van der Waals surface area (Å²) in [5.41, 5.74) is 0. The van der Waals surface area contributed by atoms with Crippen molar-refractivity contribution in [2.24, 2.45) is 0 Å². The van der Waals surface area contributed by atoms with Gasteiger partial charge in [0.25, 0.3) is 0 Å². The van der Waals surface area contributed by atoms with Crippen molar-refractivity contribution in [3.8, 4) is 0 Å². The van der Waals surface area contributed by atoms with Crippen LogP contribution >= 0.6 is 0 Å². The highest BCUT2D eigenvalue weighted by Gasteiger charge is 2.17. The molecule has 0 heterocycles. The van der Waals surface area contributed by atoms with Crippen molar-refractivity contribution >= 4 is 0 Å². The number of hydrogen-bond acceptors (Lipinski definition) is 2. The molecular weight excluding hydrogens is 116 g/mol. The van der Waals surface area contributed by atoms with E-state index in [1.807, 2.05) is 0 Å². The third kappa shape index (κ3) is 1.95. The minimum absolute atomic E-state index is 0.451. The van der Waals surface area contributed by atoms with Crippen LogP contribution in [0.5, 0.6) is 0 Å². The SMILES string of the molecule is OC1CCCCC[C@H]1O. The number of aliphatic hydroxyl groups is 2. The topological polar surface area (TPSA) is 40.5 Å². The van der Waals surface area contributed by atoms with E-state index in [0.29, 0.717) is 0 Å². The fourth-order valence-corrected chi connectivity index (χ4v) is 1.27. The summed E-state index contributed by atoms with van der Waals surface area (Å²) in [5.74, 6) is 0. The van der Waals surface area contributed by atoms with Crippen LogP contribution in [0.25, 0.3) is 0 Å². The summed E-state index contributed by atoms with van der Waals surface area (Å²) >= 11 is 0. The molecule has 0 aromatic heterocycles. The van der Waals surface area contributed by atoms with Gasteiger partial charge >= 0.3 is 0 Å². The molecule has 9 heavy (non-hydrogen) atoms. The zero-order valence-corrected chi connectivity index (χ0v) is 5.58. The first-order valence-electron chi connectivity index (χ1n) is 3.67. The molecule has 0 saturated heterocycles. The van der Waals surface area contributed by atoms with E-state index in [0.717, 1.165) is 32.1 Å². The van der Waals surface area contributed by atoms with E-state index < -0.39 is 12.2 Å². The lowest BCUT2D eigenvalue weighted by Crippen LogP contribution is -2.23. The third-order valence-electron chi connectivity index (χ3n) is 1.94. The van der Waals surface area contributed by atoms with Gasteiger partial charge in [-0.15, -0.1) is 0 Å². The maximum atomic E-state index is 9.11. The molecule has 0 bridgehead atoms. The lowest BCUT2D eigenvalue weighted by molar-refractivity contribution is 0.0157. The first-order chi connectivity index (χ1) is 4.30. The van der Waals surface area contributed by atoms with Gasteiger partial charge in [0.15, 0.2) is 0 Å². The second kappa shape index (κ2) is 3.18. The molecule has 0 spiro atoms. The standard InChI is InChI=1S/C7H14O2/c8-6-4-2-1-3-5-7(6)9/h6-9H,1-5H2/t6-,7?/m1/s1. The van der Waals surface area contributed by atoms with Gasteiger partial charge < -0.3 is 10.2 Å². The molecule has 1 saturated carbocycles. The van der Waals surface area contributed by atoms with Crippen LogP contribution in [-0.4, -0.2) is 22.4 Å². The van der Waals surface area contributed by atoms with Crippen molar-refractivity contribution in [2.75, 3.05) is 0 Å². The van der Waals surface area contributed by atoms with E-state index in [2.05, 4.69) is 0 Å². The molecule has 0 aliphatic heterocycles. The van der Waals surface area contributed by atoms with Gasteiger partial charge in [-0.3, -0.25) is 0 Å². The molecule has 2 atom stereocenters. The van der Waals surface area contributed by atoms with Crippen molar-refractivity contribution in [2.45, 2.75) is 44.3 Å². The van der Waals surface area contributed by atoms with E-state index in [1.54, 1.807) is 0 Å². The van der Waals surface area contributed by atoms with Gasteiger partial charge in [0.2, 0.25) is 0 Å². The average Bonchev–Trinajstić information content (AvgIpc) is 1.99. The van der Waals surface area contributed by atoms with Crippen LogP contribution in [-0.2, 0) is 0 Å². The number of rotatable bonds is 0. The van der Waals surface area contributed by atoms with Crippen molar-refractivity contribution in [1.82, 2.24) is 0 Å². The van der Waals surface area contributed by atoms with Crippen LogP contribution in [0, 0.1) is 0 Å². The molecule has 1 unspecified atom stereocenters. The summed E-state index contributed by atoms with van der Waals surface area (Å²) in [4.78, 5) is 0. The Bertz CT molecular complexity index is 73.0. The lowest BCUT2D eigenvalue weighted by atomic mass is 10.1. The second-order valence-corrected chi connectivity index (χ2v) is 2.77. The Morgan fingerprint density at radius 1 is 0.778 bits per heavy atom. The summed E-state index contributed by atoms with van der Waals surface area (Å²) in [6, 6.07) is 0. The number of hydrogen-bond donors (Lipinski definition) is 2. The van der Waals surface area contributed by atoms with Crippen molar-refractivity contribution in [3.05, 3.63) is 0 Å². The van der Waals surface area contributed by atoms with Crippen LogP contribution in [0.2, 0.25) is 0 Å². The van der Waals surface area contributed by atoms with Gasteiger partial charge in [-0.1, -0.05) is 19.3 Å². The van der Waals surface area contributed by atoms with E-state index in [4.69, 9.17) is 10.2 Å². The van der Waals surface area contributed by atoms with Crippen LogP contribution in [0.1, 0.15) is 32.1 Å². The third-order valence-corrected chi connectivity index (χ3v) is 1.94. The van der Waals surface area contributed by atoms with Crippen LogP contribution < -0.4 is 0 Å². The van der Waals surface area contributed by atoms with Crippen LogP contribution in [0.3, 0.4) is 0 Å². The largest absolute Gasteiger partial charge is 0.390 e. The summed E-state index contributed by atoms with van der Waals surface area (Å²) < 4.78 is 0. The average molecular weight is 130 g/mol. The molecule has 2 heteroatoms.